The van der Waals surface area contributed by atoms with Gasteiger partial charge in [0.2, 0.25) is 11.0 Å². The Labute approximate surface area is 119 Å². The van der Waals surface area contributed by atoms with Crippen molar-refractivity contribution in [2.45, 2.75) is 24.8 Å². The maximum absolute atomic E-state index is 4.93. The third kappa shape index (κ3) is 2.69. The van der Waals surface area contributed by atoms with Gasteiger partial charge in [-0.3, -0.25) is 0 Å². The van der Waals surface area contributed by atoms with Crippen molar-refractivity contribution in [3.63, 3.8) is 0 Å². The average molecular weight is 288 g/mol. The highest BCUT2D eigenvalue weighted by Gasteiger charge is 2.11. The SMILES string of the molecule is Cc1ccc(-n2nnnc2SCc2noc(C)n2)cc1. The molecular weight excluding hydrogens is 276 g/mol. The number of thioether (sulfide) groups is 1. The third-order valence-corrected chi connectivity index (χ3v) is 3.53. The first-order chi connectivity index (χ1) is 9.72. The molecule has 0 saturated heterocycles. The zero-order valence-electron chi connectivity index (χ0n) is 11.0. The molecule has 0 aliphatic heterocycles. The fourth-order valence-corrected chi connectivity index (χ4v) is 2.38. The van der Waals surface area contributed by atoms with E-state index in [-0.39, 0.29) is 0 Å². The lowest BCUT2D eigenvalue weighted by atomic mass is 10.2. The molecule has 2 aromatic heterocycles. The summed E-state index contributed by atoms with van der Waals surface area (Å²) in [6.45, 7) is 3.80. The van der Waals surface area contributed by atoms with Crippen LogP contribution in [0.3, 0.4) is 0 Å². The Balaban J connectivity index is 1.78. The van der Waals surface area contributed by atoms with Gasteiger partial charge in [-0.1, -0.05) is 34.6 Å². The third-order valence-electron chi connectivity index (χ3n) is 2.62. The number of aryl methyl sites for hydroxylation is 2. The lowest BCUT2D eigenvalue weighted by Gasteiger charge is -2.03. The fourth-order valence-electron chi connectivity index (χ4n) is 1.65. The number of aromatic nitrogens is 6. The molecule has 0 unspecified atom stereocenters. The minimum atomic E-state index is 0.554. The van der Waals surface area contributed by atoms with E-state index in [1.165, 1.54) is 17.3 Å². The highest BCUT2D eigenvalue weighted by atomic mass is 32.2. The normalized spacial score (nSPS) is 10.9. The van der Waals surface area contributed by atoms with Crippen LogP contribution in [0.5, 0.6) is 0 Å². The lowest BCUT2D eigenvalue weighted by molar-refractivity contribution is 0.389. The molecule has 0 fully saturated rings. The van der Waals surface area contributed by atoms with Crippen molar-refractivity contribution in [3.8, 4) is 5.69 Å². The van der Waals surface area contributed by atoms with E-state index in [0.717, 1.165) is 5.69 Å². The van der Waals surface area contributed by atoms with Crippen molar-refractivity contribution in [3.05, 3.63) is 41.5 Å². The van der Waals surface area contributed by atoms with Crippen molar-refractivity contribution < 1.29 is 4.52 Å². The second-order valence-electron chi connectivity index (χ2n) is 4.23. The van der Waals surface area contributed by atoms with Gasteiger partial charge in [-0.2, -0.15) is 9.67 Å². The van der Waals surface area contributed by atoms with Crippen molar-refractivity contribution in [1.29, 1.82) is 0 Å². The molecule has 0 aliphatic rings. The molecule has 3 aromatic rings. The Bertz CT molecular complexity index is 705. The van der Waals surface area contributed by atoms with Crippen LogP contribution in [0.4, 0.5) is 0 Å². The minimum absolute atomic E-state index is 0.554. The van der Waals surface area contributed by atoms with Crippen LogP contribution in [0.15, 0.2) is 33.9 Å². The molecule has 0 atom stereocenters. The Morgan fingerprint density at radius 2 is 2.00 bits per heavy atom. The molecule has 0 saturated carbocycles. The van der Waals surface area contributed by atoms with Crippen LogP contribution in [0.1, 0.15) is 17.3 Å². The molecule has 102 valence electrons. The molecular formula is C12H12N6OS. The quantitative estimate of drug-likeness (QED) is 0.678. The molecule has 0 spiro atoms. The van der Waals surface area contributed by atoms with E-state index in [4.69, 9.17) is 4.52 Å². The predicted molar refractivity (Wildman–Crippen MR) is 72.5 cm³/mol. The van der Waals surface area contributed by atoms with Crippen LogP contribution in [-0.4, -0.2) is 30.3 Å². The van der Waals surface area contributed by atoms with Crippen molar-refractivity contribution in [1.82, 2.24) is 30.3 Å². The zero-order chi connectivity index (χ0) is 13.9. The molecule has 0 aliphatic carbocycles. The second-order valence-corrected chi connectivity index (χ2v) is 5.17. The molecule has 3 rings (SSSR count). The van der Waals surface area contributed by atoms with Crippen LogP contribution in [0.2, 0.25) is 0 Å². The van der Waals surface area contributed by atoms with Gasteiger partial charge in [0.25, 0.3) is 0 Å². The summed E-state index contributed by atoms with van der Waals surface area (Å²) in [4.78, 5) is 4.15. The molecule has 0 N–H and O–H groups in total. The molecule has 7 nitrogen and oxygen atoms in total. The first-order valence-electron chi connectivity index (χ1n) is 6.00. The molecule has 1 aromatic carbocycles. The Morgan fingerprint density at radius 3 is 2.70 bits per heavy atom. The lowest BCUT2D eigenvalue weighted by Crippen LogP contribution is -1.99. The van der Waals surface area contributed by atoms with E-state index < -0.39 is 0 Å². The maximum Gasteiger partial charge on any atom is 0.223 e. The van der Waals surface area contributed by atoms with E-state index >= 15 is 0 Å². The van der Waals surface area contributed by atoms with Crippen LogP contribution in [0.25, 0.3) is 5.69 Å². The fraction of sp³-hybridized carbons (Fsp3) is 0.250. The number of rotatable bonds is 4. The van der Waals surface area contributed by atoms with Gasteiger partial charge in [0.15, 0.2) is 5.82 Å². The summed E-state index contributed by atoms with van der Waals surface area (Å²) in [7, 11) is 0. The summed E-state index contributed by atoms with van der Waals surface area (Å²) >= 11 is 1.46. The molecule has 20 heavy (non-hydrogen) atoms. The van der Waals surface area contributed by atoms with Gasteiger partial charge in [0.05, 0.1) is 11.4 Å². The van der Waals surface area contributed by atoms with Crippen molar-refractivity contribution in [2.75, 3.05) is 0 Å². The van der Waals surface area contributed by atoms with Gasteiger partial charge < -0.3 is 4.52 Å². The van der Waals surface area contributed by atoms with Gasteiger partial charge in [-0.15, -0.1) is 5.10 Å². The van der Waals surface area contributed by atoms with Crippen molar-refractivity contribution in [2.24, 2.45) is 0 Å². The second kappa shape index (κ2) is 5.41. The standard InChI is InChI=1S/C12H12N6OS/c1-8-3-5-10(6-4-8)18-12(14-16-17-18)20-7-11-13-9(2)19-15-11/h3-6H,7H2,1-2H3. The van der Waals surface area contributed by atoms with Gasteiger partial charge >= 0.3 is 0 Å². The average Bonchev–Trinajstić information content (AvgIpc) is 3.06. The smallest absolute Gasteiger partial charge is 0.223 e. The zero-order valence-corrected chi connectivity index (χ0v) is 11.8. The first kappa shape index (κ1) is 12.8. The number of tetrazole rings is 1. The van der Waals surface area contributed by atoms with E-state index in [2.05, 4.69) is 25.7 Å². The van der Waals surface area contributed by atoms with Crippen LogP contribution < -0.4 is 0 Å². The largest absolute Gasteiger partial charge is 0.340 e. The first-order valence-corrected chi connectivity index (χ1v) is 6.98. The number of nitrogens with zero attached hydrogens (tertiary/aromatic N) is 6. The van der Waals surface area contributed by atoms with Gasteiger partial charge in [-0.25, -0.2) is 0 Å². The Kier molecular flexibility index (Phi) is 3.46. The molecule has 0 amide bonds. The Hall–Kier alpha value is -2.22. The molecule has 0 bridgehead atoms. The summed E-state index contributed by atoms with van der Waals surface area (Å²) in [6.07, 6.45) is 0. The summed E-state index contributed by atoms with van der Waals surface area (Å²) in [5.74, 6) is 1.74. The number of hydrogen-bond acceptors (Lipinski definition) is 7. The Morgan fingerprint density at radius 1 is 1.20 bits per heavy atom. The minimum Gasteiger partial charge on any atom is -0.340 e. The summed E-state index contributed by atoms with van der Waals surface area (Å²) in [5, 5.41) is 16.3. The van der Waals surface area contributed by atoms with E-state index in [1.54, 1.807) is 11.6 Å². The summed E-state index contributed by atoms with van der Waals surface area (Å²) < 4.78 is 6.62. The topological polar surface area (TPSA) is 82.5 Å². The van der Waals surface area contributed by atoms with Crippen LogP contribution in [0, 0.1) is 13.8 Å². The van der Waals surface area contributed by atoms with Crippen LogP contribution >= 0.6 is 11.8 Å². The van der Waals surface area contributed by atoms with E-state index in [1.807, 2.05) is 31.2 Å². The van der Waals surface area contributed by atoms with E-state index in [0.29, 0.717) is 22.6 Å². The predicted octanol–water partition coefficient (Wildman–Crippen LogP) is 1.95. The van der Waals surface area contributed by atoms with Gasteiger partial charge in [0, 0.05) is 6.92 Å². The van der Waals surface area contributed by atoms with E-state index in [9.17, 15) is 0 Å². The number of benzene rings is 1. The highest BCUT2D eigenvalue weighted by molar-refractivity contribution is 7.98. The highest BCUT2D eigenvalue weighted by Crippen LogP contribution is 2.21. The summed E-state index contributed by atoms with van der Waals surface area (Å²) in [5.41, 5.74) is 2.12. The monoisotopic (exact) mass is 288 g/mol. The molecule has 2 heterocycles. The molecule has 0 radical (unpaired) electrons. The summed E-state index contributed by atoms with van der Waals surface area (Å²) in [6, 6.07) is 8.00. The van der Waals surface area contributed by atoms with Crippen molar-refractivity contribution >= 4 is 11.8 Å². The maximum atomic E-state index is 4.93. The van der Waals surface area contributed by atoms with Crippen LogP contribution in [-0.2, 0) is 5.75 Å². The van der Waals surface area contributed by atoms with Gasteiger partial charge in [0.1, 0.15) is 0 Å². The number of hydrogen-bond donors (Lipinski definition) is 0. The molecule has 8 heteroatoms. The van der Waals surface area contributed by atoms with Gasteiger partial charge in [-0.05, 0) is 29.5 Å².